The number of piperazine rings is 1. The molecule has 0 aliphatic carbocycles. The molecule has 1 aliphatic rings. The van der Waals surface area contributed by atoms with Gasteiger partial charge in [-0.25, -0.2) is 9.37 Å². The summed E-state index contributed by atoms with van der Waals surface area (Å²) in [6.07, 6.45) is 0.0405. The number of halogens is 4. The molecule has 222 valence electrons. The van der Waals surface area contributed by atoms with Gasteiger partial charge in [0.2, 0.25) is 0 Å². The normalized spacial score (nSPS) is 14.2. The van der Waals surface area contributed by atoms with E-state index in [1.54, 1.807) is 12.1 Å². The molecule has 1 N–H and O–H groups in total. The van der Waals surface area contributed by atoms with E-state index in [1.807, 2.05) is 47.2 Å². The highest BCUT2D eigenvalue weighted by Crippen LogP contribution is 2.34. The van der Waals surface area contributed by atoms with Crippen molar-refractivity contribution in [1.29, 1.82) is 0 Å². The molecule has 0 amide bonds. The molecule has 0 spiro atoms. The Hall–Kier alpha value is -3.89. The summed E-state index contributed by atoms with van der Waals surface area (Å²) in [5.41, 5.74) is 1.35. The number of hydrogen-bond donors (Lipinski definition) is 1. The molecule has 1 saturated heterocycles. The first-order valence-corrected chi connectivity index (χ1v) is 14.2. The van der Waals surface area contributed by atoms with Crippen molar-refractivity contribution in [1.82, 2.24) is 19.8 Å². The molecule has 2 heterocycles. The average Bonchev–Trinajstić information content (AvgIpc) is 3.41. The smallest absolute Gasteiger partial charge is 0.419 e. The van der Waals surface area contributed by atoms with Crippen molar-refractivity contribution in [3.8, 4) is 34.2 Å². The van der Waals surface area contributed by atoms with Crippen LogP contribution in [0.1, 0.15) is 31.2 Å². The van der Waals surface area contributed by atoms with E-state index in [1.165, 1.54) is 0 Å². The standard InChI is InChI=1S/C32H34F4N4O2/c1-2-3-4-31-38-30(23-5-9-25(10-6-23)41-20-19-39-17-15-37-16-18-39)22-40(31)24-7-11-26(12-8-24)42-27-13-14-28(29(33)21-27)32(34,35)36/h5-14,21-22,37H,2-4,15-20H2,1H3. The number of unbranched alkanes of at least 4 members (excludes halogenated alkanes) is 1. The van der Waals surface area contributed by atoms with Gasteiger partial charge in [0.05, 0.1) is 11.3 Å². The Labute approximate surface area is 242 Å². The third-order valence-electron chi connectivity index (χ3n) is 7.17. The third kappa shape index (κ3) is 7.49. The lowest BCUT2D eigenvalue weighted by atomic mass is 10.1. The van der Waals surface area contributed by atoms with Crippen LogP contribution in [0.2, 0.25) is 0 Å². The van der Waals surface area contributed by atoms with E-state index in [4.69, 9.17) is 14.5 Å². The number of aromatic nitrogens is 2. The molecule has 1 fully saturated rings. The average molecular weight is 583 g/mol. The fraction of sp³-hybridized carbons (Fsp3) is 0.344. The van der Waals surface area contributed by atoms with E-state index >= 15 is 0 Å². The summed E-state index contributed by atoms with van der Waals surface area (Å²) < 4.78 is 66.1. The van der Waals surface area contributed by atoms with Gasteiger partial charge in [-0.05, 0) is 67.1 Å². The predicted molar refractivity (Wildman–Crippen MR) is 154 cm³/mol. The molecule has 4 aromatic rings. The van der Waals surface area contributed by atoms with Gasteiger partial charge >= 0.3 is 6.18 Å². The Morgan fingerprint density at radius 1 is 0.905 bits per heavy atom. The highest BCUT2D eigenvalue weighted by Gasteiger charge is 2.34. The largest absolute Gasteiger partial charge is 0.492 e. The van der Waals surface area contributed by atoms with Crippen LogP contribution >= 0.6 is 0 Å². The summed E-state index contributed by atoms with van der Waals surface area (Å²) in [5.74, 6) is 0.724. The zero-order chi connectivity index (χ0) is 29.5. The van der Waals surface area contributed by atoms with Gasteiger partial charge in [-0.15, -0.1) is 0 Å². The fourth-order valence-electron chi connectivity index (χ4n) is 4.84. The maximum absolute atomic E-state index is 13.9. The highest BCUT2D eigenvalue weighted by molar-refractivity contribution is 5.61. The van der Waals surface area contributed by atoms with E-state index < -0.39 is 17.6 Å². The molecule has 5 rings (SSSR count). The fourth-order valence-corrected chi connectivity index (χ4v) is 4.84. The summed E-state index contributed by atoms with van der Waals surface area (Å²) in [5, 5.41) is 3.35. The first-order chi connectivity index (χ1) is 20.3. The zero-order valence-corrected chi connectivity index (χ0v) is 23.5. The molecule has 0 unspecified atom stereocenters. The van der Waals surface area contributed by atoms with Crippen LogP contribution in [0.5, 0.6) is 17.2 Å². The lowest BCUT2D eigenvalue weighted by molar-refractivity contribution is -0.140. The minimum Gasteiger partial charge on any atom is -0.492 e. The number of nitrogens with zero attached hydrogens (tertiary/aromatic N) is 3. The van der Waals surface area contributed by atoms with Crippen molar-refractivity contribution in [2.24, 2.45) is 0 Å². The lowest BCUT2D eigenvalue weighted by Crippen LogP contribution is -2.44. The number of alkyl halides is 3. The SMILES string of the molecule is CCCCc1nc(-c2ccc(OCCN3CCNCC3)cc2)cn1-c1ccc(Oc2ccc(C(F)(F)F)c(F)c2)cc1. The van der Waals surface area contributed by atoms with Crippen LogP contribution in [0, 0.1) is 5.82 Å². The van der Waals surface area contributed by atoms with Crippen molar-refractivity contribution in [2.45, 2.75) is 32.4 Å². The van der Waals surface area contributed by atoms with E-state index in [2.05, 4.69) is 17.1 Å². The molecule has 42 heavy (non-hydrogen) atoms. The Morgan fingerprint density at radius 2 is 1.60 bits per heavy atom. The van der Waals surface area contributed by atoms with Crippen LogP contribution in [0.3, 0.4) is 0 Å². The van der Waals surface area contributed by atoms with Crippen LogP contribution < -0.4 is 14.8 Å². The Kier molecular flexibility index (Phi) is 9.44. The summed E-state index contributed by atoms with van der Waals surface area (Å²) in [4.78, 5) is 7.31. The van der Waals surface area contributed by atoms with E-state index in [9.17, 15) is 17.6 Å². The number of aryl methyl sites for hydroxylation is 1. The molecule has 1 aromatic heterocycles. The van der Waals surface area contributed by atoms with Gasteiger partial charge in [-0.3, -0.25) is 4.90 Å². The Balaban J connectivity index is 1.27. The number of imidazole rings is 1. The second-order valence-corrected chi connectivity index (χ2v) is 10.2. The van der Waals surface area contributed by atoms with Gasteiger partial charge in [-0.1, -0.05) is 13.3 Å². The number of benzene rings is 3. The Bertz CT molecular complexity index is 1450. The molecule has 6 nitrogen and oxygen atoms in total. The van der Waals surface area contributed by atoms with Crippen molar-refractivity contribution in [3.05, 3.63) is 90.1 Å². The van der Waals surface area contributed by atoms with Crippen LogP contribution in [-0.4, -0.2) is 53.8 Å². The van der Waals surface area contributed by atoms with Crippen LogP contribution in [0.25, 0.3) is 16.9 Å². The maximum atomic E-state index is 13.9. The molecule has 0 saturated carbocycles. The topological polar surface area (TPSA) is 51.5 Å². The molecular weight excluding hydrogens is 548 g/mol. The monoisotopic (exact) mass is 582 g/mol. The van der Waals surface area contributed by atoms with Crippen molar-refractivity contribution < 1.29 is 27.0 Å². The van der Waals surface area contributed by atoms with Crippen molar-refractivity contribution in [3.63, 3.8) is 0 Å². The molecule has 0 atom stereocenters. The van der Waals surface area contributed by atoms with Gasteiger partial charge in [0.15, 0.2) is 0 Å². The van der Waals surface area contributed by atoms with E-state index in [0.29, 0.717) is 18.4 Å². The number of rotatable bonds is 11. The minimum atomic E-state index is -4.76. The molecule has 0 radical (unpaired) electrons. The van der Waals surface area contributed by atoms with Gasteiger partial charge in [0, 0.05) is 62.7 Å². The molecule has 0 bridgehead atoms. The second kappa shape index (κ2) is 13.4. The third-order valence-corrected chi connectivity index (χ3v) is 7.17. The second-order valence-electron chi connectivity index (χ2n) is 10.2. The summed E-state index contributed by atoms with van der Waals surface area (Å²) in [6, 6.07) is 17.5. The Morgan fingerprint density at radius 3 is 2.26 bits per heavy atom. The van der Waals surface area contributed by atoms with Gasteiger partial charge < -0.3 is 19.4 Å². The number of ether oxygens (including phenoxy) is 2. The van der Waals surface area contributed by atoms with Gasteiger partial charge in [-0.2, -0.15) is 13.2 Å². The van der Waals surface area contributed by atoms with E-state index in [0.717, 1.165) is 92.6 Å². The first-order valence-electron chi connectivity index (χ1n) is 14.2. The number of hydrogen-bond acceptors (Lipinski definition) is 5. The van der Waals surface area contributed by atoms with Gasteiger partial charge in [0.25, 0.3) is 0 Å². The minimum absolute atomic E-state index is 0.0157. The summed E-state index contributed by atoms with van der Waals surface area (Å²) in [7, 11) is 0. The summed E-state index contributed by atoms with van der Waals surface area (Å²) in [6.45, 7) is 7.79. The van der Waals surface area contributed by atoms with Crippen LogP contribution in [0.15, 0.2) is 72.9 Å². The first kappa shape index (κ1) is 29.6. The van der Waals surface area contributed by atoms with Crippen molar-refractivity contribution in [2.75, 3.05) is 39.3 Å². The lowest BCUT2D eigenvalue weighted by Gasteiger charge is -2.26. The number of nitrogens with one attached hydrogen (secondary N) is 1. The molecule has 1 aliphatic heterocycles. The van der Waals surface area contributed by atoms with Crippen LogP contribution in [-0.2, 0) is 12.6 Å². The summed E-state index contributed by atoms with van der Waals surface area (Å²) >= 11 is 0. The molecule has 10 heteroatoms. The zero-order valence-electron chi connectivity index (χ0n) is 23.5. The van der Waals surface area contributed by atoms with Crippen LogP contribution in [0.4, 0.5) is 17.6 Å². The quantitative estimate of drug-likeness (QED) is 0.191. The molecule has 3 aromatic carbocycles. The predicted octanol–water partition coefficient (Wildman–Crippen LogP) is 7.12. The van der Waals surface area contributed by atoms with Gasteiger partial charge in [0.1, 0.15) is 35.5 Å². The maximum Gasteiger partial charge on any atom is 0.419 e. The van der Waals surface area contributed by atoms with E-state index in [-0.39, 0.29) is 5.75 Å². The van der Waals surface area contributed by atoms with Crippen molar-refractivity contribution >= 4 is 0 Å². The molecular formula is C32H34F4N4O2. The highest BCUT2D eigenvalue weighted by atomic mass is 19.4.